The van der Waals surface area contributed by atoms with Gasteiger partial charge in [-0.05, 0) is 38.6 Å². The van der Waals surface area contributed by atoms with Crippen molar-refractivity contribution in [3.8, 4) is 0 Å². The van der Waals surface area contributed by atoms with E-state index in [1.54, 1.807) is 18.2 Å². The molecule has 1 aromatic rings. The fraction of sp³-hybridized carbons (Fsp3) is 0.538. The summed E-state index contributed by atoms with van der Waals surface area (Å²) in [5, 5.41) is 3.33. The molecule has 1 aliphatic heterocycles. The van der Waals surface area contributed by atoms with E-state index in [2.05, 4.69) is 17.3 Å². The minimum atomic E-state index is -0.354. The van der Waals surface area contributed by atoms with Crippen molar-refractivity contribution in [2.45, 2.75) is 25.3 Å². The minimum Gasteiger partial charge on any atom is -0.381 e. The Morgan fingerprint density at radius 3 is 3.06 bits per heavy atom. The second-order valence-electron chi connectivity index (χ2n) is 4.61. The molecule has 17 heavy (non-hydrogen) atoms. The van der Waals surface area contributed by atoms with Gasteiger partial charge in [0.15, 0.2) is 5.82 Å². The maximum atomic E-state index is 13.6. The average molecular weight is 257 g/mol. The van der Waals surface area contributed by atoms with E-state index in [-0.39, 0.29) is 10.8 Å². The molecule has 4 heteroatoms. The lowest BCUT2D eigenvalue weighted by atomic mass is 10.0. The molecule has 0 aromatic heterocycles. The number of nitrogens with one attached hydrogen (secondary N) is 1. The lowest BCUT2D eigenvalue weighted by Crippen LogP contribution is -2.40. The summed E-state index contributed by atoms with van der Waals surface area (Å²) in [7, 11) is 2.12. The van der Waals surface area contributed by atoms with Crippen LogP contribution in [0, 0.1) is 5.82 Å². The fourth-order valence-electron chi connectivity index (χ4n) is 2.27. The molecule has 1 unspecified atom stereocenters. The average Bonchev–Trinajstić information content (AvgIpc) is 2.33. The maximum absolute atomic E-state index is 13.6. The van der Waals surface area contributed by atoms with Gasteiger partial charge in [-0.3, -0.25) is 0 Å². The predicted octanol–water partition coefficient (Wildman–Crippen LogP) is 3.38. The Morgan fingerprint density at radius 2 is 2.29 bits per heavy atom. The number of hydrogen-bond acceptors (Lipinski definition) is 2. The van der Waals surface area contributed by atoms with Crippen molar-refractivity contribution >= 4 is 17.3 Å². The molecule has 0 saturated carbocycles. The summed E-state index contributed by atoms with van der Waals surface area (Å²) in [6.07, 6.45) is 3.69. The molecule has 1 heterocycles. The third kappa shape index (κ3) is 3.11. The van der Waals surface area contributed by atoms with Gasteiger partial charge in [0.25, 0.3) is 0 Å². The van der Waals surface area contributed by atoms with Crippen LogP contribution in [-0.2, 0) is 0 Å². The molecule has 0 aliphatic carbocycles. The van der Waals surface area contributed by atoms with E-state index in [9.17, 15) is 4.39 Å². The molecule has 1 saturated heterocycles. The monoisotopic (exact) mass is 256 g/mol. The summed E-state index contributed by atoms with van der Waals surface area (Å²) in [6, 6.07) is 5.54. The maximum Gasteiger partial charge on any atom is 0.164 e. The normalized spacial score (nSPS) is 21.5. The molecule has 1 fully saturated rings. The molecule has 1 aliphatic rings. The van der Waals surface area contributed by atoms with Crippen LogP contribution in [0.25, 0.3) is 0 Å². The van der Waals surface area contributed by atoms with E-state index in [1.807, 2.05) is 0 Å². The molecule has 2 rings (SSSR count). The quantitative estimate of drug-likeness (QED) is 0.892. The first-order valence-corrected chi connectivity index (χ1v) is 6.44. The molecule has 0 amide bonds. The van der Waals surface area contributed by atoms with Gasteiger partial charge in [-0.25, -0.2) is 4.39 Å². The standard InChI is InChI=1S/C13H18ClFN2/c1-17-8-3-2-5-10(17)9-16-12-7-4-6-11(14)13(12)15/h4,6-7,10,16H,2-3,5,8-9H2,1H3. The first-order valence-electron chi connectivity index (χ1n) is 6.06. The third-order valence-corrected chi connectivity index (χ3v) is 3.69. The Bertz CT molecular complexity index is 384. The SMILES string of the molecule is CN1CCCCC1CNc1cccc(Cl)c1F. The van der Waals surface area contributed by atoms with Crippen LogP contribution in [0.1, 0.15) is 19.3 Å². The van der Waals surface area contributed by atoms with Crippen molar-refractivity contribution in [2.75, 3.05) is 25.5 Å². The number of likely N-dealkylation sites (tertiary alicyclic amines) is 1. The highest BCUT2D eigenvalue weighted by atomic mass is 35.5. The van der Waals surface area contributed by atoms with Crippen LogP contribution in [-0.4, -0.2) is 31.1 Å². The van der Waals surface area contributed by atoms with Crippen LogP contribution >= 0.6 is 11.6 Å². The Labute approximate surface area is 107 Å². The molecule has 0 radical (unpaired) electrons. The smallest absolute Gasteiger partial charge is 0.164 e. The van der Waals surface area contributed by atoms with Crippen LogP contribution in [0.3, 0.4) is 0 Å². The number of likely N-dealkylation sites (N-methyl/N-ethyl adjacent to an activating group) is 1. The lowest BCUT2D eigenvalue weighted by Gasteiger charge is -2.32. The number of rotatable bonds is 3. The largest absolute Gasteiger partial charge is 0.381 e. The molecule has 0 spiro atoms. The highest BCUT2D eigenvalue weighted by molar-refractivity contribution is 6.31. The van der Waals surface area contributed by atoms with Gasteiger partial charge in [-0.15, -0.1) is 0 Å². The van der Waals surface area contributed by atoms with Crippen molar-refractivity contribution in [3.05, 3.63) is 29.0 Å². The highest BCUT2D eigenvalue weighted by Gasteiger charge is 2.18. The number of halogens is 2. The third-order valence-electron chi connectivity index (χ3n) is 3.40. The molecule has 1 atom stereocenters. The Kier molecular flexibility index (Phi) is 4.24. The van der Waals surface area contributed by atoms with E-state index >= 15 is 0 Å². The van der Waals surface area contributed by atoms with Gasteiger partial charge in [0, 0.05) is 12.6 Å². The number of hydrogen-bond donors (Lipinski definition) is 1. The van der Waals surface area contributed by atoms with Crippen molar-refractivity contribution in [2.24, 2.45) is 0 Å². The van der Waals surface area contributed by atoms with Gasteiger partial charge >= 0.3 is 0 Å². The Hall–Kier alpha value is -0.800. The van der Waals surface area contributed by atoms with Gasteiger partial charge < -0.3 is 10.2 Å². The summed E-state index contributed by atoms with van der Waals surface area (Å²) >= 11 is 5.74. The summed E-state index contributed by atoms with van der Waals surface area (Å²) in [5.41, 5.74) is 0.497. The zero-order valence-electron chi connectivity index (χ0n) is 10.0. The van der Waals surface area contributed by atoms with Crippen LogP contribution in [0.5, 0.6) is 0 Å². The summed E-state index contributed by atoms with van der Waals surface area (Å²) in [5.74, 6) is -0.354. The van der Waals surface area contributed by atoms with E-state index < -0.39 is 0 Å². The minimum absolute atomic E-state index is 0.173. The van der Waals surface area contributed by atoms with Gasteiger partial charge in [-0.2, -0.15) is 0 Å². The summed E-state index contributed by atoms with van der Waals surface area (Å²) in [6.45, 7) is 1.90. The Morgan fingerprint density at radius 1 is 1.47 bits per heavy atom. The topological polar surface area (TPSA) is 15.3 Å². The van der Waals surface area contributed by atoms with E-state index in [0.29, 0.717) is 11.7 Å². The second kappa shape index (κ2) is 5.69. The first-order chi connectivity index (χ1) is 8.18. The molecule has 2 nitrogen and oxygen atoms in total. The van der Waals surface area contributed by atoms with Crippen LogP contribution in [0.4, 0.5) is 10.1 Å². The first kappa shape index (κ1) is 12.7. The fourth-order valence-corrected chi connectivity index (χ4v) is 2.44. The molecular weight excluding hydrogens is 239 g/mol. The van der Waals surface area contributed by atoms with E-state index in [0.717, 1.165) is 13.1 Å². The molecular formula is C13H18ClFN2. The molecule has 1 N–H and O–H groups in total. The Balaban J connectivity index is 1.95. The van der Waals surface area contributed by atoms with Crippen molar-refractivity contribution in [1.29, 1.82) is 0 Å². The second-order valence-corrected chi connectivity index (χ2v) is 5.02. The summed E-state index contributed by atoms with van der Waals surface area (Å²) < 4.78 is 13.6. The van der Waals surface area contributed by atoms with Crippen LogP contribution in [0.2, 0.25) is 5.02 Å². The highest BCUT2D eigenvalue weighted by Crippen LogP contribution is 2.23. The van der Waals surface area contributed by atoms with E-state index in [1.165, 1.54) is 19.3 Å². The van der Waals surface area contributed by atoms with Crippen molar-refractivity contribution < 1.29 is 4.39 Å². The van der Waals surface area contributed by atoms with Crippen molar-refractivity contribution in [1.82, 2.24) is 4.90 Å². The number of nitrogens with zero attached hydrogens (tertiary/aromatic N) is 1. The number of piperidine rings is 1. The van der Waals surface area contributed by atoms with Crippen molar-refractivity contribution in [3.63, 3.8) is 0 Å². The predicted molar refractivity (Wildman–Crippen MR) is 70.2 cm³/mol. The molecule has 1 aromatic carbocycles. The number of anilines is 1. The van der Waals surface area contributed by atoms with Gasteiger partial charge in [0.05, 0.1) is 10.7 Å². The van der Waals surface area contributed by atoms with Gasteiger partial charge in [0.2, 0.25) is 0 Å². The number of benzene rings is 1. The van der Waals surface area contributed by atoms with Gasteiger partial charge in [0.1, 0.15) is 0 Å². The van der Waals surface area contributed by atoms with Crippen LogP contribution < -0.4 is 5.32 Å². The zero-order chi connectivity index (χ0) is 12.3. The summed E-state index contributed by atoms with van der Waals surface area (Å²) in [4.78, 5) is 2.33. The van der Waals surface area contributed by atoms with E-state index in [4.69, 9.17) is 11.6 Å². The molecule has 94 valence electrons. The molecule has 0 bridgehead atoms. The van der Waals surface area contributed by atoms with Gasteiger partial charge in [-0.1, -0.05) is 24.1 Å². The lowest BCUT2D eigenvalue weighted by molar-refractivity contribution is 0.194. The zero-order valence-corrected chi connectivity index (χ0v) is 10.8. The van der Waals surface area contributed by atoms with Crippen LogP contribution in [0.15, 0.2) is 18.2 Å².